The molecule has 5 heteroatoms. The van der Waals surface area contributed by atoms with Gasteiger partial charge in [0.2, 0.25) is 0 Å². The number of hydrogen-bond donors (Lipinski definition) is 1. The summed E-state index contributed by atoms with van der Waals surface area (Å²) in [5, 5.41) is 0. The molecule has 2 N–H and O–H groups in total. The average molecular weight is 248 g/mol. The zero-order chi connectivity index (χ0) is 13.1. The molecule has 0 fully saturated rings. The van der Waals surface area contributed by atoms with Gasteiger partial charge in [-0.05, 0) is 13.3 Å². The van der Waals surface area contributed by atoms with Crippen molar-refractivity contribution in [2.45, 2.75) is 25.4 Å². The van der Waals surface area contributed by atoms with Crippen LogP contribution >= 0.6 is 0 Å². The van der Waals surface area contributed by atoms with E-state index in [0.717, 1.165) is 19.5 Å². The van der Waals surface area contributed by atoms with Gasteiger partial charge in [-0.15, -0.1) is 0 Å². The Morgan fingerprint density at radius 1 is 1.06 bits per heavy atom. The van der Waals surface area contributed by atoms with Gasteiger partial charge in [0.15, 0.2) is 0 Å². The van der Waals surface area contributed by atoms with Crippen molar-refractivity contribution in [2.24, 2.45) is 5.73 Å². The molecule has 0 aromatic heterocycles. The topological polar surface area (TPSA) is 57.0 Å². The van der Waals surface area contributed by atoms with Gasteiger partial charge in [-0.1, -0.05) is 0 Å². The van der Waals surface area contributed by atoms with E-state index in [1.54, 1.807) is 21.3 Å². The molecule has 0 rings (SSSR count). The average Bonchev–Trinajstić information content (AvgIpc) is 2.32. The van der Waals surface area contributed by atoms with Gasteiger partial charge in [0.1, 0.15) is 0 Å². The Morgan fingerprint density at radius 2 is 1.71 bits per heavy atom. The van der Waals surface area contributed by atoms with Crippen molar-refractivity contribution in [3.63, 3.8) is 0 Å². The molecule has 0 radical (unpaired) electrons. The minimum atomic E-state index is 0.131. The largest absolute Gasteiger partial charge is 0.385 e. The van der Waals surface area contributed by atoms with Crippen molar-refractivity contribution in [2.75, 3.05) is 54.2 Å². The highest BCUT2D eigenvalue weighted by molar-refractivity contribution is 4.73. The molecule has 0 saturated heterocycles. The third-order valence-electron chi connectivity index (χ3n) is 2.78. The van der Waals surface area contributed by atoms with Crippen LogP contribution in [-0.2, 0) is 14.2 Å². The standard InChI is InChI=1S/C12H28N2O3/c1-11(10-17-4)14(6-8-16-3)9-12(13)5-7-15-2/h11-12H,5-10,13H2,1-4H3. The van der Waals surface area contributed by atoms with E-state index in [2.05, 4.69) is 11.8 Å². The molecule has 17 heavy (non-hydrogen) atoms. The highest BCUT2D eigenvalue weighted by Crippen LogP contribution is 2.02. The summed E-state index contributed by atoms with van der Waals surface area (Å²) in [4.78, 5) is 2.30. The molecule has 0 aliphatic heterocycles. The van der Waals surface area contributed by atoms with E-state index in [4.69, 9.17) is 19.9 Å². The first-order valence-corrected chi connectivity index (χ1v) is 6.12. The summed E-state index contributed by atoms with van der Waals surface area (Å²) >= 11 is 0. The van der Waals surface area contributed by atoms with Crippen molar-refractivity contribution in [3.8, 4) is 0 Å². The molecule has 2 unspecified atom stereocenters. The Labute approximate surface area is 105 Å². The lowest BCUT2D eigenvalue weighted by Crippen LogP contribution is -2.45. The van der Waals surface area contributed by atoms with E-state index in [9.17, 15) is 0 Å². The summed E-state index contributed by atoms with van der Waals surface area (Å²) in [5.41, 5.74) is 6.06. The number of methoxy groups -OCH3 is 3. The molecule has 0 aromatic carbocycles. The van der Waals surface area contributed by atoms with Crippen molar-refractivity contribution in [1.29, 1.82) is 0 Å². The first-order chi connectivity index (χ1) is 8.15. The maximum Gasteiger partial charge on any atom is 0.0615 e. The predicted molar refractivity (Wildman–Crippen MR) is 69.3 cm³/mol. The molecule has 0 bridgehead atoms. The van der Waals surface area contributed by atoms with Gasteiger partial charge in [0.05, 0.1) is 13.2 Å². The summed E-state index contributed by atoms with van der Waals surface area (Å²) in [7, 11) is 5.13. The van der Waals surface area contributed by atoms with Crippen LogP contribution in [-0.4, -0.2) is 71.2 Å². The molecule has 0 aliphatic carbocycles. The third-order valence-corrected chi connectivity index (χ3v) is 2.78. The van der Waals surface area contributed by atoms with Crippen LogP contribution in [0.5, 0.6) is 0 Å². The zero-order valence-corrected chi connectivity index (χ0v) is 11.6. The number of ether oxygens (including phenoxy) is 3. The maximum atomic E-state index is 6.06. The molecule has 0 aliphatic rings. The van der Waals surface area contributed by atoms with Gasteiger partial charge in [-0.3, -0.25) is 4.90 Å². The molecule has 0 heterocycles. The van der Waals surface area contributed by atoms with Crippen LogP contribution in [0.15, 0.2) is 0 Å². The fraction of sp³-hybridized carbons (Fsp3) is 1.00. The van der Waals surface area contributed by atoms with Crippen molar-refractivity contribution >= 4 is 0 Å². The van der Waals surface area contributed by atoms with E-state index in [1.807, 2.05) is 0 Å². The summed E-state index contributed by atoms with van der Waals surface area (Å²) in [6.07, 6.45) is 0.875. The fourth-order valence-corrected chi connectivity index (χ4v) is 1.71. The number of nitrogens with zero attached hydrogens (tertiary/aromatic N) is 1. The van der Waals surface area contributed by atoms with Crippen molar-refractivity contribution < 1.29 is 14.2 Å². The molecular weight excluding hydrogens is 220 g/mol. The van der Waals surface area contributed by atoms with Crippen LogP contribution in [0.25, 0.3) is 0 Å². The Bertz CT molecular complexity index is 170. The van der Waals surface area contributed by atoms with Gasteiger partial charge in [0, 0.05) is 53.1 Å². The first kappa shape index (κ1) is 16.8. The van der Waals surface area contributed by atoms with Crippen molar-refractivity contribution in [1.82, 2.24) is 4.90 Å². The highest BCUT2D eigenvalue weighted by Gasteiger charge is 2.16. The Kier molecular flexibility index (Phi) is 10.8. The second-order valence-electron chi connectivity index (χ2n) is 4.33. The lowest BCUT2D eigenvalue weighted by Gasteiger charge is -2.30. The Hall–Kier alpha value is -0.200. The minimum Gasteiger partial charge on any atom is -0.385 e. The normalized spacial score (nSPS) is 15.2. The smallest absolute Gasteiger partial charge is 0.0615 e. The van der Waals surface area contributed by atoms with Crippen LogP contribution in [0.4, 0.5) is 0 Å². The first-order valence-electron chi connectivity index (χ1n) is 6.12. The van der Waals surface area contributed by atoms with E-state index in [0.29, 0.717) is 25.9 Å². The van der Waals surface area contributed by atoms with Crippen LogP contribution in [0.3, 0.4) is 0 Å². The van der Waals surface area contributed by atoms with Crippen LogP contribution in [0.2, 0.25) is 0 Å². The molecular formula is C12H28N2O3. The molecule has 0 saturated carbocycles. The molecule has 0 spiro atoms. The van der Waals surface area contributed by atoms with Crippen LogP contribution in [0.1, 0.15) is 13.3 Å². The third kappa shape index (κ3) is 8.51. The van der Waals surface area contributed by atoms with Gasteiger partial charge < -0.3 is 19.9 Å². The molecule has 104 valence electrons. The monoisotopic (exact) mass is 248 g/mol. The summed E-state index contributed by atoms with van der Waals surface area (Å²) in [5.74, 6) is 0. The summed E-state index contributed by atoms with van der Waals surface area (Å²) in [6, 6.07) is 0.481. The maximum absolute atomic E-state index is 6.06. The Balaban J connectivity index is 4.06. The molecule has 2 atom stereocenters. The van der Waals surface area contributed by atoms with E-state index in [1.165, 1.54) is 0 Å². The van der Waals surface area contributed by atoms with Crippen LogP contribution in [0, 0.1) is 0 Å². The lowest BCUT2D eigenvalue weighted by molar-refractivity contribution is 0.0685. The predicted octanol–water partition coefficient (Wildman–Crippen LogP) is 0.334. The minimum absolute atomic E-state index is 0.131. The number of nitrogens with two attached hydrogens (primary N) is 1. The second-order valence-corrected chi connectivity index (χ2v) is 4.33. The molecule has 0 amide bonds. The SMILES string of the molecule is COCCC(N)CN(CCOC)C(C)COC. The summed E-state index contributed by atoms with van der Waals surface area (Å²) in [6.45, 7) is 5.99. The molecule has 5 nitrogen and oxygen atoms in total. The highest BCUT2D eigenvalue weighted by atomic mass is 16.5. The summed E-state index contributed by atoms with van der Waals surface area (Å²) < 4.78 is 15.3. The fourth-order valence-electron chi connectivity index (χ4n) is 1.71. The zero-order valence-electron chi connectivity index (χ0n) is 11.6. The van der Waals surface area contributed by atoms with Gasteiger partial charge in [-0.2, -0.15) is 0 Å². The van der Waals surface area contributed by atoms with Gasteiger partial charge in [0.25, 0.3) is 0 Å². The van der Waals surface area contributed by atoms with Crippen molar-refractivity contribution in [3.05, 3.63) is 0 Å². The number of rotatable bonds is 11. The van der Waals surface area contributed by atoms with Gasteiger partial charge >= 0.3 is 0 Å². The molecule has 0 aromatic rings. The van der Waals surface area contributed by atoms with Crippen LogP contribution < -0.4 is 5.73 Å². The number of hydrogen-bond acceptors (Lipinski definition) is 5. The van der Waals surface area contributed by atoms with E-state index < -0.39 is 0 Å². The second kappa shape index (κ2) is 10.9. The van der Waals surface area contributed by atoms with Gasteiger partial charge in [-0.25, -0.2) is 0 Å². The van der Waals surface area contributed by atoms with E-state index >= 15 is 0 Å². The Morgan fingerprint density at radius 3 is 2.24 bits per heavy atom. The van der Waals surface area contributed by atoms with E-state index in [-0.39, 0.29) is 6.04 Å². The quantitative estimate of drug-likeness (QED) is 0.571. The lowest BCUT2D eigenvalue weighted by atomic mass is 10.2.